The molecule has 3 aromatic rings. The van der Waals surface area contributed by atoms with E-state index in [0.717, 1.165) is 5.69 Å². The molecule has 0 aliphatic carbocycles. The first kappa shape index (κ1) is 9.64. The zero-order valence-electron chi connectivity index (χ0n) is 9.08. The van der Waals surface area contributed by atoms with Crippen LogP contribution in [0.15, 0.2) is 24.7 Å². The lowest BCUT2D eigenvalue weighted by molar-refractivity contribution is 0.446. The highest BCUT2D eigenvalue weighted by Gasteiger charge is 2.10. The molecular formula is C10H10N6O. The maximum Gasteiger partial charge on any atom is 0.267 e. The summed E-state index contributed by atoms with van der Waals surface area (Å²) in [4.78, 5) is 8.24. The smallest absolute Gasteiger partial charge is 0.267 e. The standard InChI is InChI=1S/C10H10N6O/c1-6-4-8(15-14-6)17-10-9-12-2-3-16(9)5-7(11)13-10/h2-5H,11H2,1H3,(H,14,15). The van der Waals surface area contributed by atoms with E-state index in [1.807, 2.05) is 6.92 Å². The molecule has 7 nitrogen and oxygen atoms in total. The summed E-state index contributed by atoms with van der Waals surface area (Å²) in [6, 6.07) is 1.77. The number of ether oxygens (including phenoxy) is 1. The second-order valence-electron chi connectivity index (χ2n) is 3.62. The molecule has 0 aliphatic heterocycles. The van der Waals surface area contributed by atoms with E-state index in [1.165, 1.54) is 0 Å². The van der Waals surface area contributed by atoms with Gasteiger partial charge in [0.15, 0.2) is 0 Å². The maximum atomic E-state index is 5.67. The van der Waals surface area contributed by atoms with E-state index in [9.17, 15) is 0 Å². The number of nitrogens with zero attached hydrogens (tertiary/aromatic N) is 4. The largest absolute Gasteiger partial charge is 0.415 e. The Morgan fingerprint density at radius 1 is 1.47 bits per heavy atom. The maximum absolute atomic E-state index is 5.67. The Morgan fingerprint density at radius 3 is 3.12 bits per heavy atom. The molecule has 7 heteroatoms. The number of imidazole rings is 1. The molecular weight excluding hydrogens is 220 g/mol. The number of fused-ring (bicyclic) bond motifs is 1. The van der Waals surface area contributed by atoms with Crippen molar-refractivity contribution in [3.05, 3.63) is 30.4 Å². The molecule has 86 valence electrons. The Bertz CT molecular complexity index is 670. The minimum atomic E-state index is 0.335. The Kier molecular flexibility index (Phi) is 1.97. The van der Waals surface area contributed by atoms with Crippen LogP contribution in [0.2, 0.25) is 0 Å². The van der Waals surface area contributed by atoms with Crippen LogP contribution in [-0.2, 0) is 0 Å². The molecule has 0 radical (unpaired) electrons. The van der Waals surface area contributed by atoms with Gasteiger partial charge in [0.25, 0.3) is 5.88 Å². The highest BCUT2D eigenvalue weighted by molar-refractivity contribution is 5.53. The van der Waals surface area contributed by atoms with Gasteiger partial charge in [-0.1, -0.05) is 0 Å². The number of nitrogens with one attached hydrogen (secondary N) is 1. The molecule has 0 unspecified atom stereocenters. The molecule has 3 rings (SSSR count). The summed E-state index contributed by atoms with van der Waals surface area (Å²) in [5.41, 5.74) is 7.18. The number of aromatic amines is 1. The van der Waals surface area contributed by atoms with Gasteiger partial charge in [0.2, 0.25) is 11.5 Å². The molecule has 3 N–H and O–H groups in total. The van der Waals surface area contributed by atoms with Crippen LogP contribution in [0.25, 0.3) is 5.65 Å². The van der Waals surface area contributed by atoms with Crippen molar-refractivity contribution in [3.8, 4) is 11.8 Å². The third-order valence-corrected chi connectivity index (χ3v) is 2.25. The highest BCUT2D eigenvalue weighted by atomic mass is 16.5. The molecule has 0 amide bonds. The average molecular weight is 230 g/mol. The van der Waals surface area contributed by atoms with Gasteiger partial charge in [-0.2, -0.15) is 4.98 Å². The average Bonchev–Trinajstić information content (AvgIpc) is 2.87. The molecule has 3 aromatic heterocycles. The molecule has 0 saturated heterocycles. The number of H-pyrrole nitrogens is 1. The topological polar surface area (TPSA) is 94.1 Å². The monoisotopic (exact) mass is 230 g/mol. The van der Waals surface area contributed by atoms with Crippen LogP contribution in [0.5, 0.6) is 11.8 Å². The molecule has 0 fully saturated rings. The van der Waals surface area contributed by atoms with Gasteiger partial charge < -0.3 is 10.5 Å². The van der Waals surface area contributed by atoms with E-state index in [1.54, 1.807) is 29.1 Å². The highest BCUT2D eigenvalue weighted by Crippen LogP contribution is 2.22. The lowest BCUT2D eigenvalue weighted by atomic mass is 10.5. The van der Waals surface area contributed by atoms with Crippen LogP contribution in [0.4, 0.5) is 5.82 Å². The van der Waals surface area contributed by atoms with E-state index in [-0.39, 0.29) is 0 Å². The lowest BCUT2D eigenvalue weighted by Gasteiger charge is -2.03. The Hall–Kier alpha value is -2.57. The first-order chi connectivity index (χ1) is 8.22. The lowest BCUT2D eigenvalue weighted by Crippen LogP contribution is -1.99. The number of hydrogen-bond acceptors (Lipinski definition) is 5. The van der Waals surface area contributed by atoms with Crippen LogP contribution in [0, 0.1) is 6.92 Å². The predicted octanol–water partition coefficient (Wildman–Crippen LogP) is 1.14. The summed E-state index contributed by atoms with van der Waals surface area (Å²) in [7, 11) is 0. The number of anilines is 1. The molecule has 0 aromatic carbocycles. The summed E-state index contributed by atoms with van der Waals surface area (Å²) in [6.45, 7) is 1.89. The van der Waals surface area contributed by atoms with Crippen molar-refractivity contribution in [2.45, 2.75) is 6.92 Å². The van der Waals surface area contributed by atoms with Crippen LogP contribution >= 0.6 is 0 Å². The van der Waals surface area contributed by atoms with E-state index in [4.69, 9.17) is 10.5 Å². The van der Waals surface area contributed by atoms with Crippen molar-refractivity contribution in [1.29, 1.82) is 0 Å². The van der Waals surface area contributed by atoms with Crippen molar-refractivity contribution in [2.24, 2.45) is 0 Å². The molecule has 3 heterocycles. The predicted molar refractivity (Wildman–Crippen MR) is 60.8 cm³/mol. The third-order valence-electron chi connectivity index (χ3n) is 2.25. The second-order valence-corrected chi connectivity index (χ2v) is 3.62. The second kappa shape index (κ2) is 3.48. The minimum absolute atomic E-state index is 0.335. The zero-order valence-corrected chi connectivity index (χ0v) is 9.08. The molecule has 17 heavy (non-hydrogen) atoms. The molecule has 0 aliphatic rings. The van der Waals surface area contributed by atoms with E-state index in [2.05, 4.69) is 20.2 Å². The summed E-state index contributed by atoms with van der Waals surface area (Å²) in [6.07, 6.45) is 5.10. The number of aromatic nitrogens is 5. The van der Waals surface area contributed by atoms with Crippen molar-refractivity contribution in [3.63, 3.8) is 0 Å². The van der Waals surface area contributed by atoms with Gasteiger partial charge in [0.05, 0.1) is 6.20 Å². The van der Waals surface area contributed by atoms with E-state index >= 15 is 0 Å². The van der Waals surface area contributed by atoms with Gasteiger partial charge in [-0.15, -0.1) is 5.10 Å². The summed E-state index contributed by atoms with van der Waals surface area (Å²) < 4.78 is 7.28. The Labute approximate surface area is 96.3 Å². The van der Waals surface area contributed by atoms with Crippen LogP contribution < -0.4 is 10.5 Å². The minimum Gasteiger partial charge on any atom is -0.415 e. The van der Waals surface area contributed by atoms with Crippen molar-refractivity contribution in [1.82, 2.24) is 24.6 Å². The van der Waals surface area contributed by atoms with Gasteiger partial charge in [-0.25, -0.2) is 4.98 Å². The summed E-state index contributed by atoms with van der Waals surface area (Å²) in [5, 5.41) is 6.75. The molecule has 0 saturated carbocycles. The number of nitrogens with two attached hydrogens (primary N) is 1. The number of hydrogen-bond donors (Lipinski definition) is 2. The van der Waals surface area contributed by atoms with Gasteiger partial charge in [0.1, 0.15) is 5.82 Å². The van der Waals surface area contributed by atoms with Gasteiger partial charge in [-0.05, 0) is 6.92 Å². The Morgan fingerprint density at radius 2 is 2.35 bits per heavy atom. The number of rotatable bonds is 2. The summed E-state index contributed by atoms with van der Waals surface area (Å²) >= 11 is 0. The van der Waals surface area contributed by atoms with Crippen LogP contribution in [0.1, 0.15) is 5.69 Å². The first-order valence-electron chi connectivity index (χ1n) is 5.01. The molecule has 0 bridgehead atoms. The van der Waals surface area contributed by atoms with Crippen molar-refractivity contribution < 1.29 is 4.74 Å². The van der Waals surface area contributed by atoms with E-state index in [0.29, 0.717) is 23.2 Å². The fourth-order valence-corrected chi connectivity index (χ4v) is 1.53. The quantitative estimate of drug-likeness (QED) is 0.688. The molecule has 0 atom stereocenters. The Balaban J connectivity index is 2.07. The van der Waals surface area contributed by atoms with Gasteiger partial charge in [0, 0.05) is 24.2 Å². The van der Waals surface area contributed by atoms with Gasteiger partial charge in [-0.3, -0.25) is 9.50 Å². The van der Waals surface area contributed by atoms with Crippen molar-refractivity contribution >= 4 is 11.5 Å². The third kappa shape index (κ3) is 1.67. The fourth-order valence-electron chi connectivity index (χ4n) is 1.53. The van der Waals surface area contributed by atoms with E-state index < -0.39 is 0 Å². The van der Waals surface area contributed by atoms with Crippen LogP contribution in [0.3, 0.4) is 0 Å². The van der Waals surface area contributed by atoms with Gasteiger partial charge >= 0.3 is 0 Å². The van der Waals surface area contributed by atoms with Crippen molar-refractivity contribution in [2.75, 3.05) is 5.73 Å². The molecule has 0 spiro atoms. The van der Waals surface area contributed by atoms with Crippen LogP contribution in [-0.4, -0.2) is 24.6 Å². The SMILES string of the molecule is Cc1cc(Oc2nc(N)cn3ccnc23)n[nH]1. The summed E-state index contributed by atoms with van der Waals surface area (Å²) in [5.74, 6) is 1.13. The normalized spacial score (nSPS) is 10.9. The zero-order chi connectivity index (χ0) is 11.8. The number of aryl methyl sites for hydroxylation is 1. The number of nitrogen functional groups attached to an aromatic ring is 1. The first-order valence-corrected chi connectivity index (χ1v) is 5.01. The fraction of sp³-hybridized carbons (Fsp3) is 0.100.